The van der Waals surface area contributed by atoms with Crippen molar-refractivity contribution in [3.63, 3.8) is 0 Å². The van der Waals surface area contributed by atoms with E-state index in [1.54, 1.807) is 0 Å². The second kappa shape index (κ2) is 8.54. The Morgan fingerprint density at radius 3 is 2.52 bits per heavy atom. The van der Waals surface area contributed by atoms with Crippen molar-refractivity contribution >= 4 is 23.1 Å². The third kappa shape index (κ3) is 4.56. The van der Waals surface area contributed by atoms with Gasteiger partial charge in [0, 0.05) is 17.4 Å². The fraction of sp³-hybridized carbons (Fsp3) is 0.273. The summed E-state index contributed by atoms with van der Waals surface area (Å²) in [5.41, 5.74) is 5.27. The molecule has 5 heteroatoms. The van der Waals surface area contributed by atoms with Gasteiger partial charge in [0.2, 0.25) is 5.95 Å². The number of hydrogen-bond acceptors (Lipinski definition) is 5. The van der Waals surface area contributed by atoms with Crippen molar-refractivity contribution in [1.82, 2.24) is 9.97 Å². The van der Waals surface area contributed by atoms with Crippen molar-refractivity contribution in [2.24, 2.45) is 0 Å². The lowest BCUT2D eigenvalue weighted by molar-refractivity contribution is 0.342. The van der Waals surface area contributed by atoms with Gasteiger partial charge in [-0.1, -0.05) is 37.3 Å². The number of nitrogens with one attached hydrogen (secondary N) is 2. The van der Waals surface area contributed by atoms with Crippen LogP contribution in [-0.4, -0.2) is 16.6 Å². The molecule has 0 spiro atoms. The first kappa shape index (κ1) is 18.7. The predicted octanol–water partition coefficient (Wildman–Crippen LogP) is 5.54. The molecule has 27 heavy (non-hydrogen) atoms. The number of aromatic nitrogens is 2. The average Bonchev–Trinajstić information content (AvgIpc) is 2.65. The lowest BCUT2D eigenvalue weighted by Gasteiger charge is -2.15. The minimum atomic E-state index is 0.579. The van der Waals surface area contributed by atoms with Crippen LogP contribution in [0.1, 0.15) is 30.7 Å². The highest BCUT2D eigenvalue weighted by Gasteiger charge is 2.09. The zero-order valence-corrected chi connectivity index (χ0v) is 16.3. The summed E-state index contributed by atoms with van der Waals surface area (Å²) in [5.74, 6) is 2.11. The molecule has 0 saturated carbocycles. The molecule has 0 fully saturated rings. The third-order valence-electron chi connectivity index (χ3n) is 4.28. The molecule has 0 aliphatic heterocycles. The van der Waals surface area contributed by atoms with Crippen molar-refractivity contribution < 1.29 is 4.74 Å². The molecule has 2 aromatic carbocycles. The predicted molar refractivity (Wildman–Crippen MR) is 112 cm³/mol. The van der Waals surface area contributed by atoms with Gasteiger partial charge in [0.15, 0.2) is 0 Å². The smallest absolute Gasteiger partial charge is 0.229 e. The summed E-state index contributed by atoms with van der Waals surface area (Å²) >= 11 is 0. The number of benzene rings is 2. The van der Waals surface area contributed by atoms with Crippen LogP contribution in [0.25, 0.3) is 0 Å². The Bertz CT molecular complexity index is 924. The SMILES string of the molecule is CCOc1ccccc1Nc1cc(C)nc(Nc2c(C)cccc2CC)n1. The second-order valence-electron chi connectivity index (χ2n) is 6.36. The molecule has 0 aliphatic carbocycles. The highest BCUT2D eigenvalue weighted by atomic mass is 16.5. The van der Waals surface area contributed by atoms with Crippen LogP contribution in [0.3, 0.4) is 0 Å². The van der Waals surface area contributed by atoms with Crippen LogP contribution in [0.2, 0.25) is 0 Å². The van der Waals surface area contributed by atoms with E-state index in [1.807, 2.05) is 44.2 Å². The van der Waals surface area contributed by atoms with Crippen LogP contribution >= 0.6 is 0 Å². The molecule has 140 valence electrons. The number of nitrogens with zero attached hydrogens (tertiary/aromatic N) is 2. The van der Waals surface area contributed by atoms with Gasteiger partial charge in [-0.2, -0.15) is 4.98 Å². The van der Waals surface area contributed by atoms with E-state index in [-0.39, 0.29) is 0 Å². The van der Waals surface area contributed by atoms with Crippen LogP contribution in [0.5, 0.6) is 5.75 Å². The van der Waals surface area contributed by atoms with Gasteiger partial charge >= 0.3 is 0 Å². The Morgan fingerprint density at radius 1 is 0.926 bits per heavy atom. The van der Waals surface area contributed by atoms with E-state index in [4.69, 9.17) is 4.74 Å². The van der Waals surface area contributed by atoms with E-state index in [9.17, 15) is 0 Å². The second-order valence-corrected chi connectivity index (χ2v) is 6.36. The molecule has 3 aromatic rings. The van der Waals surface area contributed by atoms with E-state index in [2.05, 4.69) is 52.6 Å². The highest BCUT2D eigenvalue weighted by Crippen LogP contribution is 2.28. The molecule has 0 saturated heterocycles. The summed E-state index contributed by atoms with van der Waals surface area (Å²) in [4.78, 5) is 9.21. The first-order valence-electron chi connectivity index (χ1n) is 9.30. The number of para-hydroxylation sites is 3. The zero-order chi connectivity index (χ0) is 19.2. The molecule has 0 bridgehead atoms. The number of rotatable bonds is 7. The molecule has 3 rings (SSSR count). The molecule has 0 atom stereocenters. The maximum atomic E-state index is 5.69. The molecule has 1 aromatic heterocycles. The summed E-state index contributed by atoms with van der Waals surface area (Å²) in [5, 5.41) is 6.76. The summed E-state index contributed by atoms with van der Waals surface area (Å²) in [6.45, 7) is 8.79. The van der Waals surface area contributed by atoms with E-state index in [1.165, 1.54) is 11.1 Å². The highest BCUT2D eigenvalue weighted by molar-refractivity contribution is 5.67. The van der Waals surface area contributed by atoms with Gasteiger partial charge in [-0.05, 0) is 50.5 Å². The molecule has 0 unspecified atom stereocenters. The fourth-order valence-corrected chi connectivity index (χ4v) is 2.99. The summed E-state index contributed by atoms with van der Waals surface area (Å²) in [6.07, 6.45) is 0.947. The number of aryl methyl sites for hydroxylation is 3. The van der Waals surface area contributed by atoms with E-state index in [0.29, 0.717) is 12.6 Å². The van der Waals surface area contributed by atoms with Crippen LogP contribution < -0.4 is 15.4 Å². The number of anilines is 4. The van der Waals surface area contributed by atoms with E-state index >= 15 is 0 Å². The first-order chi connectivity index (χ1) is 13.1. The van der Waals surface area contributed by atoms with Gasteiger partial charge in [0.05, 0.1) is 12.3 Å². The third-order valence-corrected chi connectivity index (χ3v) is 4.28. The Labute approximate surface area is 160 Å². The average molecular weight is 362 g/mol. The summed E-state index contributed by atoms with van der Waals surface area (Å²) < 4.78 is 5.69. The van der Waals surface area contributed by atoms with Gasteiger partial charge in [0.1, 0.15) is 11.6 Å². The summed E-state index contributed by atoms with van der Waals surface area (Å²) in [6, 6.07) is 16.1. The molecule has 2 N–H and O–H groups in total. The Hall–Kier alpha value is -3.08. The minimum Gasteiger partial charge on any atom is -0.492 e. The summed E-state index contributed by atoms with van der Waals surface area (Å²) in [7, 11) is 0. The van der Waals surface area contributed by atoms with Crippen molar-refractivity contribution in [3.05, 3.63) is 65.4 Å². The Balaban J connectivity index is 1.90. The molecular formula is C22H26N4O. The Morgan fingerprint density at radius 2 is 1.74 bits per heavy atom. The number of hydrogen-bond donors (Lipinski definition) is 2. The lowest BCUT2D eigenvalue weighted by atomic mass is 10.1. The largest absolute Gasteiger partial charge is 0.492 e. The molecular weight excluding hydrogens is 336 g/mol. The topological polar surface area (TPSA) is 59.1 Å². The van der Waals surface area contributed by atoms with Crippen molar-refractivity contribution in [1.29, 1.82) is 0 Å². The fourth-order valence-electron chi connectivity index (χ4n) is 2.99. The zero-order valence-electron chi connectivity index (χ0n) is 16.3. The molecule has 5 nitrogen and oxygen atoms in total. The molecule has 0 radical (unpaired) electrons. The van der Waals surface area contributed by atoms with Crippen molar-refractivity contribution in [2.45, 2.75) is 34.1 Å². The Kier molecular flexibility index (Phi) is 5.91. The normalized spacial score (nSPS) is 10.5. The molecule has 1 heterocycles. The van der Waals surface area contributed by atoms with Crippen LogP contribution in [-0.2, 0) is 6.42 Å². The van der Waals surface area contributed by atoms with Crippen LogP contribution in [0, 0.1) is 13.8 Å². The van der Waals surface area contributed by atoms with Crippen molar-refractivity contribution in [3.8, 4) is 5.75 Å². The van der Waals surface area contributed by atoms with Gasteiger partial charge < -0.3 is 15.4 Å². The van der Waals surface area contributed by atoms with Crippen molar-refractivity contribution in [2.75, 3.05) is 17.2 Å². The van der Waals surface area contributed by atoms with Crippen LogP contribution in [0.4, 0.5) is 23.1 Å². The van der Waals surface area contributed by atoms with Gasteiger partial charge in [0.25, 0.3) is 0 Å². The number of ether oxygens (including phenoxy) is 1. The van der Waals surface area contributed by atoms with Gasteiger partial charge in [-0.25, -0.2) is 4.98 Å². The maximum absolute atomic E-state index is 5.69. The van der Waals surface area contributed by atoms with Gasteiger partial charge in [-0.3, -0.25) is 0 Å². The molecule has 0 amide bonds. The van der Waals surface area contributed by atoms with E-state index in [0.717, 1.165) is 35.1 Å². The van der Waals surface area contributed by atoms with Crippen LogP contribution in [0.15, 0.2) is 48.5 Å². The monoisotopic (exact) mass is 362 g/mol. The lowest BCUT2D eigenvalue weighted by Crippen LogP contribution is -2.05. The molecule has 0 aliphatic rings. The van der Waals surface area contributed by atoms with Gasteiger partial charge in [-0.15, -0.1) is 0 Å². The maximum Gasteiger partial charge on any atom is 0.229 e. The minimum absolute atomic E-state index is 0.579. The standard InChI is InChI=1S/C22H26N4O/c1-5-17-11-9-10-15(3)21(17)26-22-23-16(4)14-20(25-22)24-18-12-7-8-13-19(18)27-6-2/h7-14H,5-6H2,1-4H3,(H2,23,24,25,26). The first-order valence-corrected chi connectivity index (χ1v) is 9.30. The van der Waals surface area contributed by atoms with E-state index < -0.39 is 0 Å². The quantitative estimate of drug-likeness (QED) is 0.578.